The summed E-state index contributed by atoms with van der Waals surface area (Å²) in [7, 11) is 0. The lowest BCUT2D eigenvalue weighted by Crippen LogP contribution is -2.38. The smallest absolute Gasteiger partial charge is 0.313 e. The summed E-state index contributed by atoms with van der Waals surface area (Å²) in [4.78, 5) is 23.8. The van der Waals surface area contributed by atoms with Crippen molar-refractivity contribution in [3.8, 4) is 11.5 Å². The summed E-state index contributed by atoms with van der Waals surface area (Å²) in [5, 5.41) is 5.28. The van der Waals surface area contributed by atoms with E-state index in [9.17, 15) is 9.59 Å². The number of hydrogen-bond acceptors (Lipinski definition) is 4. The SMILES string of the molecule is CCCC[C@H](CC)CNC(=O)C(=O)Nc1ccc2c(c1)OCO2. The van der Waals surface area contributed by atoms with E-state index in [0.717, 1.165) is 25.7 Å². The van der Waals surface area contributed by atoms with Crippen molar-refractivity contribution in [3.05, 3.63) is 18.2 Å². The van der Waals surface area contributed by atoms with Gasteiger partial charge in [-0.25, -0.2) is 0 Å². The predicted molar refractivity (Wildman–Crippen MR) is 87.5 cm³/mol. The highest BCUT2D eigenvalue weighted by molar-refractivity contribution is 6.39. The van der Waals surface area contributed by atoms with Crippen molar-refractivity contribution in [2.24, 2.45) is 5.92 Å². The van der Waals surface area contributed by atoms with Gasteiger partial charge in [-0.2, -0.15) is 0 Å². The number of unbranched alkanes of at least 4 members (excludes halogenated alkanes) is 1. The number of anilines is 1. The van der Waals surface area contributed by atoms with E-state index in [2.05, 4.69) is 24.5 Å². The van der Waals surface area contributed by atoms with Gasteiger partial charge in [0.2, 0.25) is 6.79 Å². The minimum Gasteiger partial charge on any atom is -0.454 e. The zero-order valence-electron chi connectivity index (χ0n) is 13.7. The van der Waals surface area contributed by atoms with Gasteiger partial charge in [-0.3, -0.25) is 9.59 Å². The molecule has 1 aromatic rings. The number of nitrogens with one attached hydrogen (secondary N) is 2. The van der Waals surface area contributed by atoms with Crippen LogP contribution in [-0.2, 0) is 9.59 Å². The highest BCUT2D eigenvalue weighted by Crippen LogP contribution is 2.34. The first kappa shape index (κ1) is 17.1. The largest absolute Gasteiger partial charge is 0.454 e. The number of carbonyl (C=O) groups excluding carboxylic acids is 2. The average Bonchev–Trinajstić information content (AvgIpc) is 3.02. The summed E-state index contributed by atoms with van der Waals surface area (Å²) >= 11 is 0. The van der Waals surface area contributed by atoms with E-state index in [1.807, 2.05) is 0 Å². The Morgan fingerprint density at radius 2 is 1.96 bits per heavy atom. The predicted octanol–water partition coefficient (Wildman–Crippen LogP) is 2.69. The second kappa shape index (κ2) is 8.41. The van der Waals surface area contributed by atoms with Gasteiger partial charge in [0, 0.05) is 18.3 Å². The van der Waals surface area contributed by atoms with Gasteiger partial charge in [-0.05, 0) is 24.5 Å². The van der Waals surface area contributed by atoms with Crippen molar-refractivity contribution in [1.29, 1.82) is 0 Å². The lowest BCUT2D eigenvalue weighted by atomic mass is 9.99. The van der Waals surface area contributed by atoms with Gasteiger partial charge in [-0.1, -0.05) is 33.1 Å². The molecule has 1 atom stereocenters. The molecule has 0 unspecified atom stereocenters. The Bertz CT molecular complexity index is 560. The third-order valence-electron chi connectivity index (χ3n) is 3.93. The number of amides is 2. The fourth-order valence-corrected chi connectivity index (χ4v) is 2.42. The molecule has 1 heterocycles. The van der Waals surface area contributed by atoms with Crippen LogP contribution in [-0.4, -0.2) is 25.2 Å². The van der Waals surface area contributed by atoms with E-state index < -0.39 is 11.8 Å². The molecule has 0 fully saturated rings. The van der Waals surface area contributed by atoms with Crippen LogP contribution in [0, 0.1) is 5.92 Å². The topological polar surface area (TPSA) is 76.7 Å². The second-order valence-corrected chi connectivity index (χ2v) is 5.65. The van der Waals surface area contributed by atoms with Crippen molar-refractivity contribution < 1.29 is 19.1 Å². The maximum atomic E-state index is 11.9. The molecular formula is C17H24N2O4. The fourth-order valence-electron chi connectivity index (χ4n) is 2.42. The lowest BCUT2D eigenvalue weighted by Gasteiger charge is -2.15. The van der Waals surface area contributed by atoms with E-state index >= 15 is 0 Å². The summed E-state index contributed by atoms with van der Waals surface area (Å²) in [5.74, 6) is 0.326. The Hall–Kier alpha value is -2.24. The van der Waals surface area contributed by atoms with Crippen LogP contribution in [0.1, 0.15) is 39.5 Å². The standard InChI is InChI=1S/C17H24N2O4/c1-3-5-6-12(4-2)10-18-16(20)17(21)19-13-7-8-14-15(9-13)23-11-22-14/h7-9,12H,3-6,10-11H2,1-2H3,(H,18,20)(H,19,21)/t12-/m0/s1. The molecule has 1 aromatic carbocycles. The highest BCUT2D eigenvalue weighted by Gasteiger charge is 2.18. The van der Waals surface area contributed by atoms with Crippen LogP contribution in [0.5, 0.6) is 11.5 Å². The molecule has 0 spiro atoms. The molecule has 0 bridgehead atoms. The monoisotopic (exact) mass is 320 g/mol. The summed E-state index contributed by atoms with van der Waals surface area (Å²) in [5.41, 5.74) is 0.507. The van der Waals surface area contributed by atoms with Gasteiger partial charge in [0.1, 0.15) is 0 Å². The number of fused-ring (bicyclic) bond motifs is 1. The van der Waals surface area contributed by atoms with Gasteiger partial charge < -0.3 is 20.1 Å². The molecule has 0 aliphatic carbocycles. The van der Waals surface area contributed by atoms with E-state index in [4.69, 9.17) is 9.47 Å². The second-order valence-electron chi connectivity index (χ2n) is 5.65. The molecule has 0 aromatic heterocycles. The Kier molecular flexibility index (Phi) is 6.26. The number of hydrogen-bond donors (Lipinski definition) is 2. The quantitative estimate of drug-likeness (QED) is 0.757. The Morgan fingerprint density at radius 3 is 2.70 bits per heavy atom. The van der Waals surface area contributed by atoms with Crippen molar-refractivity contribution in [1.82, 2.24) is 5.32 Å². The van der Waals surface area contributed by atoms with E-state index in [-0.39, 0.29) is 6.79 Å². The first-order valence-corrected chi connectivity index (χ1v) is 8.12. The molecule has 2 amide bonds. The third-order valence-corrected chi connectivity index (χ3v) is 3.93. The van der Waals surface area contributed by atoms with Crippen LogP contribution in [0.4, 0.5) is 5.69 Å². The van der Waals surface area contributed by atoms with Crippen molar-refractivity contribution >= 4 is 17.5 Å². The van der Waals surface area contributed by atoms with Gasteiger partial charge >= 0.3 is 11.8 Å². The summed E-state index contributed by atoms with van der Waals surface area (Å²) < 4.78 is 10.4. The number of ether oxygens (including phenoxy) is 2. The van der Waals surface area contributed by atoms with Gasteiger partial charge in [-0.15, -0.1) is 0 Å². The van der Waals surface area contributed by atoms with E-state index in [1.165, 1.54) is 0 Å². The van der Waals surface area contributed by atoms with Crippen molar-refractivity contribution in [3.63, 3.8) is 0 Å². The van der Waals surface area contributed by atoms with Crippen LogP contribution in [0.3, 0.4) is 0 Å². The minimum atomic E-state index is -0.672. The first-order chi connectivity index (χ1) is 11.1. The zero-order chi connectivity index (χ0) is 16.7. The maximum absolute atomic E-state index is 11.9. The van der Waals surface area contributed by atoms with Crippen LogP contribution in [0.25, 0.3) is 0 Å². The summed E-state index contributed by atoms with van der Waals surface area (Å²) in [6.07, 6.45) is 4.33. The molecule has 1 aliphatic heterocycles. The lowest BCUT2D eigenvalue weighted by molar-refractivity contribution is -0.136. The molecule has 0 radical (unpaired) electrons. The third kappa shape index (κ3) is 4.87. The van der Waals surface area contributed by atoms with Crippen LogP contribution >= 0.6 is 0 Å². The molecule has 0 saturated heterocycles. The highest BCUT2D eigenvalue weighted by atomic mass is 16.7. The van der Waals surface area contributed by atoms with Crippen LogP contribution < -0.4 is 20.1 Å². The van der Waals surface area contributed by atoms with E-state index in [0.29, 0.717) is 29.6 Å². The molecule has 0 saturated carbocycles. The Labute approximate surface area is 136 Å². The van der Waals surface area contributed by atoms with Crippen LogP contribution in [0.2, 0.25) is 0 Å². The van der Waals surface area contributed by atoms with Gasteiger partial charge in [0.15, 0.2) is 11.5 Å². The molecule has 2 rings (SSSR count). The zero-order valence-corrected chi connectivity index (χ0v) is 13.7. The molecule has 23 heavy (non-hydrogen) atoms. The number of rotatable bonds is 7. The van der Waals surface area contributed by atoms with Gasteiger partial charge in [0.05, 0.1) is 0 Å². The number of benzene rings is 1. The van der Waals surface area contributed by atoms with E-state index in [1.54, 1.807) is 18.2 Å². The fraction of sp³-hybridized carbons (Fsp3) is 0.529. The molecule has 6 heteroatoms. The molecule has 2 N–H and O–H groups in total. The Morgan fingerprint density at radius 1 is 1.17 bits per heavy atom. The van der Waals surface area contributed by atoms with Gasteiger partial charge in [0.25, 0.3) is 0 Å². The van der Waals surface area contributed by atoms with Crippen molar-refractivity contribution in [2.75, 3.05) is 18.7 Å². The molecule has 6 nitrogen and oxygen atoms in total. The average molecular weight is 320 g/mol. The van der Waals surface area contributed by atoms with Crippen molar-refractivity contribution in [2.45, 2.75) is 39.5 Å². The molecule has 126 valence electrons. The normalized spacial score (nSPS) is 13.5. The molecule has 1 aliphatic rings. The Balaban J connectivity index is 1.81. The maximum Gasteiger partial charge on any atom is 0.313 e. The summed E-state index contributed by atoms with van der Waals surface area (Å²) in [6, 6.07) is 5.02. The molecular weight excluding hydrogens is 296 g/mol. The first-order valence-electron chi connectivity index (χ1n) is 8.12. The summed E-state index contributed by atoms with van der Waals surface area (Å²) in [6.45, 7) is 4.94. The number of carbonyl (C=O) groups is 2. The minimum absolute atomic E-state index is 0.170. The van der Waals surface area contributed by atoms with Crippen LogP contribution in [0.15, 0.2) is 18.2 Å².